The van der Waals surface area contributed by atoms with Crippen LogP contribution in [0.3, 0.4) is 0 Å². The highest BCUT2D eigenvalue weighted by molar-refractivity contribution is 5.82. The molecule has 3 aromatic carbocycles. The van der Waals surface area contributed by atoms with Crippen molar-refractivity contribution in [3.05, 3.63) is 107 Å². The van der Waals surface area contributed by atoms with Gasteiger partial charge in [0.25, 0.3) is 0 Å². The summed E-state index contributed by atoms with van der Waals surface area (Å²) < 4.78 is 13.9. The minimum Gasteiger partial charge on any atom is -0.344 e. The van der Waals surface area contributed by atoms with Crippen molar-refractivity contribution in [1.82, 2.24) is 10.2 Å². The van der Waals surface area contributed by atoms with E-state index in [0.717, 1.165) is 11.1 Å². The van der Waals surface area contributed by atoms with Gasteiger partial charge in [-0.15, -0.1) is 0 Å². The van der Waals surface area contributed by atoms with Crippen LogP contribution in [-0.4, -0.2) is 23.9 Å². The molecule has 1 unspecified atom stereocenters. The summed E-state index contributed by atoms with van der Waals surface area (Å²) in [5.74, 6) is -0.357. The summed E-state index contributed by atoms with van der Waals surface area (Å²) in [6.07, 6.45) is 0. The van der Waals surface area contributed by atoms with Crippen molar-refractivity contribution >= 4 is 5.91 Å². The van der Waals surface area contributed by atoms with Crippen molar-refractivity contribution in [3.63, 3.8) is 0 Å². The molecule has 0 aromatic heterocycles. The summed E-state index contributed by atoms with van der Waals surface area (Å²) >= 11 is 0. The van der Waals surface area contributed by atoms with Crippen molar-refractivity contribution in [2.45, 2.75) is 25.6 Å². The predicted octanol–water partition coefficient (Wildman–Crippen LogP) is 4.55. The van der Waals surface area contributed by atoms with E-state index in [4.69, 9.17) is 0 Å². The number of hydrogen-bond acceptors (Lipinski definition) is 2. The van der Waals surface area contributed by atoms with E-state index in [-0.39, 0.29) is 17.8 Å². The Kier molecular flexibility index (Phi) is 6.56. The largest absolute Gasteiger partial charge is 0.344 e. The molecule has 0 saturated carbocycles. The normalized spacial score (nSPS) is 12.2. The highest BCUT2D eigenvalue weighted by Crippen LogP contribution is 2.22. The van der Waals surface area contributed by atoms with E-state index in [9.17, 15) is 9.18 Å². The molecule has 1 N–H and O–H groups in total. The highest BCUT2D eigenvalue weighted by atomic mass is 19.1. The Labute approximate surface area is 165 Å². The van der Waals surface area contributed by atoms with Crippen LogP contribution in [0.4, 0.5) is 4.39 Å². The maximum absolute atomic E-state index is 13.9. The zero-order chi connectivity index (χ0) is 19.9. The fourth-order valence-corrected chi connectivity index (χ4v) is 3.15. The van der Waals surface area contributed by atoms with E-state index in [2.05, 4.69) is 5.32 Å². The Morgan fingerprint density at radius 1 is 0.893 bits per heavy atom. The average Bonchev–Trinajstić information content (AvgIpc) is 2.74. The van der Waals surface area contributed by atoms with Crippen LogP contribution in [0.15, 0.2) is 84.9 Å². The topological polar surface area (TPSA) is 32.3 Å². The van der Waals surface area contributed by atoms with Gasteiger partial charge in [-0.1, -0.05) is 78.9 Å². The van der Waals surface area contributed by atoms with Gasteiger partial charge in [-0.05, 0) is 31.2 Å². The summed E-state index contributed by atoms with van der Waals surface area (Å²) in [5.41, 5.74) is 2.62. The van der Waals surface area contributed by atoms with Gasteiger partial charge in [-0.25, -0.2) is 4.39 Å². The Morgan fingerprint density at radius 3 is 1.93 bits per heavy atom. The fourth-order valence-electron chi connectivity index (χ4n) is 3.15. The summed E-state index contributed by atoms with van der Waals surface area (Å²) in [6, 6.07) is 25.8. The standard InChI is InChI=1S/C24H25FN2O/c1-18(27(2)17-21-15-9-10-16-22(21)25)24(28)26-23(19-11-5-3-6-12-19)20-13-7-4-8-14-20/h3-16,18,23H,17H2,1-2H3,(H,26,28). The van der Waals surface area contributed by atoms with Crippen LogP contribution in [0.1, 0.15) is 29.7 Å². The lowest BCUT2D eigenvalue weighted by Gasteiger charge is -2.27. The minimum atomic E-state index is -0.408. The molecular weight excluding hydrogens is 351 g/mol. The molecule has 28 heavy (non-hydrogen) atoms. The van der Waals surface area contributed by atoms with Crippen LogP contribution >= 0.6 is 0 Å². The van der Waals surface area contributed by atoms with E-state index >= 15 is 0 Å². The van der Waals surface area contributed by atoms with E-state index in [0.29, 0.717) is 12.1 Å². The monoisotopic (exact) mass is 376 g/mol. The SMILES string of the molecule is CC(C(=O)NC(c1ccccc1)c1ccccc1)N(C)Cc1ccccc1F. The van der Waals surface area contributed by atoms with Crippen molar-refractivity contribution < 1.29 is 9.18 Å². The molecule has 0 bridgehead atoms. The van der Waals surface area contributed by atoms with Gasteiger partial charge < -0.3 is 5.32 Å². The van der Waals surface area contributed by atoms with Crippen LogP contribution in [-0.2, 0) is 11.3 Å². The number of nitrogens with one attached hydrogen (secondary N) is 1. The Hall–Kier alpha value is -2.98. The van der Waals surface area contributed by atoms with Gasteiger partial charge in [-0.2, -0.15) is 0 Å². The third-order valence-electron chi connectivity index (χ3n) is 4.97. The van der Waals surface area contributed by atoms with Crippen molar-refractivity contribution in [1.29, 1.82) is 0 Å². The molecule has 3 aromatic rings. The summed E-state index contributed by atoms with van der Waals surface area (Å²) in [4.78, 5) is 14.8. The molecule has 4 heteroatoms. The number of rotatable bonds is 7. The van der Waals surface area contributed by atoms with Crippen LogP contribution in [0.25, 0.3) is 0 Å². The highest BCUT2D eigenvalue weighted by Gasteiger charge is 2.23. The molecule has 0 saturated heterocycles. The molecule has 0 spiro atoms. The quantitative estimate of drug-likeness (QED) is 0.656. The number of nitrogens with zero attached hydrogens (tertiary/aromatic N) is 1. The van der Waals surface area contributed by atoms with Gasteiger partial charge in [0.15, 0.2) is 0 Å². The number of amides is 1. The lowest BCUT2D eigenvalue weighted by Crippen LogP contribution is -2.44. The molecule has 3 rings (SSSR count). The molecule has 0 aliphatic carbocycles. The zero-order valence-corrected chi connectivity index (χ0v) is 16.2. The Morgan fingerprint density at radius 2 is 1.39 bits per heavy atom. The Bertz CT molecular complexity index is 859. The summed E-state index contributed by atoms with van der Waals surface area (Å²) in [6.45, 7) is 2.20. The van der Waals surface area contributed by atoms with Crippen LogP contribution in [0.5, 0.6) is 0 Å². The van der Waals surface area contributed by atoms with Gasteiger partial charge in [0.1, 0.15) is 5.82 Å². The molecular formula is C24H25FN2O. The number of likely N-dealkylation sites (N-methyl/N-ethyl adjacent to an activating group) is 1. The van der Waals surface area contributed by atoms with Gasteiger partial charge in [0.05, 0.1) is 12.1 Å². The molecule has 144 valence electrons. The van der Waals surface area contributed by atoms with Gasteiger partial charge >= 0.3 is 0 Å². The molecule has 1 amide bonds. The Balaban J connectivity index is 1.75. The van der Waals surface area contributed by atoms with Gasteiger partial charge in [0.2, 0.25) is 5.91 Å². The maximum Gasteiger partial charge on any atom is 0.237 e. The van der Waals surface area contributed by atoms with Crippen LogP contribution in [0.2, 0.25) is 0 Å². The lowest BCUT2D eigenvalue weighted by atomic mass is 9.98. The van der Waals surface area contributed by atoms with Gasteiger partial charge in [0, 0.05) is 12.1 Å². The van der Waals surface area contributed by atoms with Gasteiger partial charge in [-0.3, -0.25) is 9.69 Å². The maximum atomic E-state index is 13.9. The summed E-state index contributed by atoms with van der Waals surface area (Å²) in [5, 5.41) is 3.16. The van der Waals surface area contributed by atoms with Crippen molar-refractivity contribution in [3.8, 4) is 0 Å². The van der Waals surface area contributed by atoms with E-state index in [1.54, 1.807) is 18.2 Å². The molecule has 0 aliphatic heterocycles. The third-order valence-corrected chi connectivity index (χ3v) is 4.97. The lowest BCUT2D eigenvalue weighted by molar-refractivity contribution is -0.126. The molecule has 0 heterocycles. The average molecular weight is 376 g/mol. The number of halogens is 1. The molecule has 1 atom stereocenters. The number of carbonyl (C=O) groups excluding carboxylic acids is 1. The zero-order valence-electron chi connectivity index (χ0n) is 16.2. The minimum absolute atomic E-state index is 0.100. The first-order chi connectivity index (χ1) is 13.6. The smallest absolute Gasteiger partial charge is 0.237 e. The first-order valence-corrected chi connectivity index (χ1v) is 9.40. The predicted molar refractivity (Wildman–Crippen MR) is 110 cm³/mol. The van der Waals surface area contributed by atoms with E-state index < -0.39 is 6.04 Å². The number of benzene rings is 3. The third kappa shape index (κ3) is 4.84. The van der Waals surface area contributed by atoms with Crippen LogP contribution < -0.4 is 5.32 Å². The van der Waals surface area contributed by atoms with Crippen LogP contribution in [0, 0.1) is 5.82 Å². The summed E-state index contributed by atoms with van der Waals surface area (Å²) in [7, 11) is 1.83. The molecule has 3 nitrogen and oxygen atoms in total. The second kappa shape index (κ2) is 9.29. The molecule has 0 radical (unpaired) electrons. The fraction of sp³-hybridized carbons (Fsp3) is 0.208. The first-order valence-electron chi connectivity index (χ1n) is 9.40. The number of hydrogen-bond donors (Lipinski definition) is 1. The first kappa shape index (κ1) is 19.8. The number of carbonyl (C=O) groups is 1. The second-order valence-corrected chi connectivity index (χ2v) is 6.95. The van der Waals surface area contributed by atoms with E-state index in [1.807, 2.05) is 79.5 Å². The van der Waals surface area contributed by atoms with Crippen molar-refractivity contribution in [2.75, 3.05) is 7.05 Å². The van der Waals surface area contributed by atoms with Crippen molar-refractivity contribution in [2.24, 2.45) is 0 Å². The van der Waals surface area contributed by atoms with E-state index in [1.165, 1.54) is 6.07 Å². The molecule has 0 aliphatic rings. The second-order valence-electron chi connectivity index (χ2n) is 6.95. The molecule has 0 fully saturated rings.